The maximum Gasteiger partial charge on any atom is 0.226 e. The van der Waals surface area contributed by atoms with Crippen molar-refractivity contribution in [1.29, 1.82) is 0 Å². The average Bonchev–Trinajstić information content (AvgIpc) is 3.38. The molecule has 0 aliphatic heterocycles. The maximum atomic E-state index is 12.9. The molecule has 0 heterocycles. The molecule has 128 valence electrons. The van der Waals surface area contributed by atoms with Crippen LogP contribution in [0.15, 0.2) is 24.3 Å². The van der Waals surface area contributed by atoms with Crippen LogP contribution in [0.25, 0.3) is 0 Å². The lowest BCUT2D eigenvalue weighted by molar-refractivity contribution is -0.138. The van der Waals surface area contributed by atoms with Gasteiger partial charge in [0.05, 0.1) is 0 Å². The largest absolute Gasteiger partial charge is 0.335 e. The van der Waals surface area contributed by atoms with Gasteiger partial charge >= 0.3 is 0 Å². The molecule has 2 N–H and O–H groups in total. The third-order valence-corrected chi connectivity index (χ3v) is 5.32. The fourth-order valence-corrected chi connectivity index (χ4v) is 3.57. The van der Waals surface area contributed by atoms with E-state index >= 15 is 0 Å². The van der Waals surface area contributed by atoms with E-state index in [1.54, 1.807) is 0 Å². The molecule has 3 nitrogen and oxygen atoms in total. The van der Waals surface area contributed by atoms with Crippen molar-refractivity contribution in [3.8, 4) is 0 Å². The third kappa shape index (κ3) is 4.85. The zero-order chi connectivity index (χ0) is 15.5. The van der Waals surface area contributed by atoms with Gasteiger partial charge in [-0.05, 0) is 68.7 Å². The fraction of sp³-hybridized carbons (Fsp3) is 0.611. The van der Waals surface area contributed by atoms with Gasteiger partial charge in [0.25, 0.3) is 0 Å². The van der Waals surface area contributed by atoms with Gasteiger partial charge in [0.1, 0.15) is 0 Å². The zero-order valence-electron chi connectivity index (χ0n) is 13.4. The van der Waals surface area contributed by atoms with Gasteiger partial charge in [0.2, 0.25) is 5.91 Å². The zero-order valence-corrected chi connectivity index (χ0v) is 15.0. The molecule has 2 saturated carbocycles. The molecule has 1 amide bonds. The van der Waals surface area contributed by atoms with E-state index in [0.29, 0.717) is 17.9 Å². The monoisotopic (exact) mass is 356 g/mol. The van der Waals surface area contributed by atoms with Crippen LogP contribution in [-0.2, 0) is 11.3 Å². The molecule has 2 fully saturated rings. The standard InChI is InChI=1S/C18H25ClN2O.ClH/c19-16-7-3-14(4-8-16)12-21(17-9-10-17)18(22)15-5-1-13(11-20)2-6-15;/h3-4,7-8,13,15,17H,1-2,5-6,9-12,20H2;1H. The van der Waals surface area contributed by atoms with Gasteiger partial charge in [0, 0.05) is 23.5 Å². The number of benzene rings is 1. The Hall–Kier alpha value is -0.770. The minimum absolute atomic E-state index is 0. The molecule has 0 atom stereocenters. The van der Waals surface area contributed by atoms with E-state index in [2.05, 4.69) is 4.90 Å². The Balaban J connectivity index is 0.00000192. The van der Waals surface area contributed by atoms with Crippen molar-refractivity contribution in [2.45, 2.75) is 51.1 Å². The highest BCUT2D eigenvalue weighted by Gasteiger charge is 2.36. The molecular formula is C18H26Cl2N2O. The second kappa shape index (κ2) is 8.36. The van der Waals surface area contributed by atoms with Gasteiger partial charge in [-0.15, -0.1) is 12.4 Å². The number of hydrogen-bond donors (Lipinski definition) is 1. The molecule has 2 aliphatic carbocycles. The van der Waals surface area contributed by atoms with Crippen molar-refractivity contribution in [3.63, 3.8) is 0 Å². The molecule has 5 heteroatoms. The van der Waals surface area contributed by atoms with Gasteiger partial charge < -0.3 is 10.6 Å². The summed E-state index contributed by atoms with van der Waals surface area (Å²) in [6.07, 6.45) is 6.52. The van der Waals surface area contributed by atoms with Crippen molar-refractivity contribution in [2.75, 3.05) is 6.54 Å². The Morgan fingerprint density at radius 3 is 2.22 bits per heavy atom. The van der Waals surface area contributed by atoms with E-state index in [1.165, 1.54) is 5.56 Å². The lowest BCUT2D eigenvalue weighted by Gasteiger charge is -2.32. The van der Waals surface area contributed by atoms with Gasteiger partial charge in [-0.25, -0.2) is 0 Å². The first-order valence-corrected chi connectivity index (χ1v) is 8.80. The molecule has 1 aromatic carbocycles. The summed E-state index contributed by atoms with van der Waals surface area (Å²) in [5, 5.41) is 0.744. The number of nitrogens with two attached hydrogens (primary N) is 1. The van der Waals surface area contributed by atoms with Gasteiger partial charge in [-0.3, -0.25) is 4.79 Å². The Morgan fingerprint density at radius 2 is 1.70 bits per heavy atom. The molecule has 1 aromatic rings. The van der Waals surface area contributed by atoms with Crippen molar-refractivity contribution in [2.24, 2.45) is 17.6 Å². The second-order valence-corrected chi connectivity index (χ2v) is 7.21. The van der Waals surface area contributed by atoms with Crippen LogP contribution in [0, 0.1) is 11.8 Å². The number of hydrogen-bond acceptors (Lipinski definition) is 2. The Kier molecular flexibility index (Phi) is 6.75. The normalized spacial score (nSPS) is 23.9. The maximum absolute atomic E-state index is 12.9. The highest BCUT2D eigenvalue weighted by atomic mass is 35.5. The van der Waals surface area contributed by atoms with Gasteiger partial charge in [-0.2, -0.15) is 0 Å². The minimum Gasteiger partial charge on any atom is -0.335 e. The van der Waals surface area contributed by atoms with Gasteiger partial charge in [0.15, 0.2) is 0 Å². The molecule has 2 aliphatic rings. The Bertz CT molecular complexity index is 508. The molecule has 0 spiro atoms. The molecule has 0 aromatic heterocycles. The summed E-state index contributed by atoms with van der Waals surface area (Å²) in [6, 6.07) is 8.31. The predicted molar refractivity (Wildman–Crippen MR) is 96.8 cm³/mol. The summed E-state index contributed by atoms with van der Waals surface area (Å²) >= 11 is 5.94. The fourth-order valence-electron chi connectivity index (χ4n) is 3.44. The summed E-state index contributed by atoms with van der Waals surface area (Å²) in [7, 11) is 0. The van der Waals surface area contributed by atoms with Crippen LogP contribution >= 0.6 is 24.0 Å². The van der Waals surface area contributed by atoms with Crippen molar-refractivity contribution >= 4 is 29.9 Å². The molecular weight excluding hydrogens is 331 g/mol. The van der Waals surface area contributed by atoms with Crippen LogP contribution in [0.1, 0.15) is 44.1 Å². The van der Waals surface area contributed by atoms with Crippen LogP contribution < -0.4 is 5.73 Å². The predicted octanol–water partition coefficient (Wildman–Crippen LogP) is 4.02. The molecule has 3 rings (SSSR count). The van der Waals surface area contributed by atoms with Crippen molar-refractivity contribution in [3.05, 3.63) is 34.9 Å². The van der Waals surface area contributed by atoms with Crippen LogP contribution in [0.4, 0.5) is 0 Å². The highest BCUT2D eigenvalue weighted by Crippen LogP contribution is 2.34. The number of amides is 1. The topological polar surface area (TPSA) is 46.3 Å². The number of carbonyl (C=O) groups is 1. The van der Waals surface area contributed by atoms with Crippen LogP contribution in [0.3, 0.4) is 0 Å². The summed E-state index contributed by atoms with van der Waals surface area (Å²) in [5.41, 5.74) is 6.92. The van der Waals surface area contributed by atoms with E-state index in [0.717, 1.165) is 56.6 Å². The summed E-state index contributed by atoms with van der Waals surface area (Å²) < 4.78 is 0. The SMILES string of the molecule is Cl.NCC1CCC(C(=O)N(Cc2ccc(Cl)cc2)C2CC2)CC1. The molecule has 0 saturated heterocycles. The first-order valence-electron chi connectivity index (χ1n) is 8.42. The van der Waals surface area contributed by atoms with Crippen molar-refractivity contribution in [1.82, 2.24) is 4.90 Å². The van der Waals surface area contributed by atoms with Crippen LogP contribution in [0.2, 0.25) is 5.02 Å². The molecule has 23 heavy (non-hydrogen) atoms. The molecule has 0 unspecified atom stereocenters. The average molecular weight is 357 g/mol. The van der Waals surface area contributed by atoms with Crippen LogP contribution in [0.5, 0.6) is 0 Å². The van der Waals surface area contributed by atoms with Crippen molar-refractivity contribution < 1.29 is 4.79 Å². The summed E-state index contributed by atoms with van der Waals surface area (Å²) in [6.45, 7) is 1.48. The lowest BCUT2D eigenvalue weighted by Crippen LogP contribution is -2.39. The third-order valence-electron chi connectivity index (χ3n) is 5.07. The second-order valence-electron chi connectivity index (χ2n) is 6.78. The number of nitrogens with zero attached hydrogens (tertiary/aromatic N) is 1. The molecule has 0 radical (unpaired) electrons. The lowest BCUT2D eigenvalue weighted by atomic mass is 9.81. The van der Waals surface area contributed by atoms with E-state index in [4.69, 9.17) is 17.3 Å². The highest BCUT2D eigenvalue weighted by molar-refractivity contribution is 6.30. The van der Waals surface area contributed by atoms with E-state index in [1.807, 2.05) is 24.3 Å². The van der Waals surface area contributed by atoms with E-state index in [9.17, 15) is 4.79 Å². The summed E-state index contributed by atoms with van der Waals surface area (Å²) in [4.78, 5) is 15.0. The van der Waals surface area contributed by atoms with Gasteiger partial charge in [-0.1, -0.05) is 23.7 Å². The Morgan fingerprint density at radius 1 is 1.09 bits per heavy atom. The van der Waals surface area contributed by atoms with Crippen LogP contribution in [-0.4, -0.2) is 23.4 Å². The minimum atomic E-state index is 0. The van der Waals surface area contributed by atoms with E-state index in [-0.39, 0.29) is 18.3 Å². The van der Waals surface area contributed by atoms with E-state index < -0.39 is 0 Å². The summed E-state index contributed by atoms with van der Waals surface area (Å²) in [5.74, 6) is 1.18. The molecule has 0 bridgehead atoms. The number of rotatable bonds is 5. The first kappa shape index (κ1) is 18.6. The number of halogens is 2. The smallest absolute Gasteiger partial charge is 0.226 e. The first-order chi connectivity index (χ1) is 10.7. The Labute approximate surface area is 150 Å². The quantitative estimate of drug-likeness (QED) is 0.865. The number of carbonyl (C=O) groups excluding carboxylic acids is 1.